The SMILES string of the molecule is C/C=C\N=CS/C=C/C(C)C. The molecule has 0 heterocycles. The second kappa shape index (κ2) is 7.61. The molecule has 0 unspecified atom stereocenters. The molecule has 62 valence electrons. The summed E-state index contributed by atoms with van der Waals surface area (Å²) >= 11 is 1.60. The maximum atomic E-state index is 3.99. The first-order valence-corrected chi connectivity index (χ1v) is 4.66. The average molecular weight is 169 g/mol. The van der Waals surface area contributed by atoms with Crippen LogP contribution < -0.4 is 0 Å². The Balaban J connectivity index is 3.40. The lowest BCUT2D eigenvalue weighted by molar-refractivity contribution is 0.834. The largest absolute Gasteiger partial charge is 0.258 e. The van der Waals surface area contributed by atoms with Gasteiger partial charge in [-0.15, -0.1) is 0 Å². The van der Waals surface area contributed by atoms with E-state index in [1.54, 1.807) is 18.0 Å². The first-order chi connectivity index (χ1) is 5.27. The van der Waals surface area contributed by atoms with E-state index in [-0.39, 0.29) is 0 Å². The first kappa shape index (κ1) is 10.5. The van der Waals surface area contributed by atoms with Gasteiger partial charge in [-0.05, 0) is 18.2 Å². The number of nitrogens with zero attached hydrogens (tertiary/aromatic N) is 1. The summed E-state index contributed by atoms with van der Waals surface area (Å²) in [7, 11) is 0. The number of aliphatic imine (C=N–C) groups is 1. The molecule has 0 bridgehead atoms. The van der Waals surface area contributed by atoms with Gasteiger partial charge in [0.2, 0.25) is 0 Å². The van der Waals surface area contributed by atoms with Gasteiger partial charge in [0.1, 0.15) is 0 Å². The Morgan fingerprint density at radius 2 is 2.09 bits per heavy atom. The highest BCUT2D eigenvalue weighted by Crippen LogP contribution is 2.01. The van der Waals surface area contributed by atoms with Gasteiger partial charge in [-0.2, -0.15) is 0 Å². The van der Waals surface area contributed by atoms with Gasteiger partial charge < -0.3 is 0 Å². The van der Waals surface area contributed by atoms with Crippen LogP contribution in [0.25, 0.3) is 0 Å². The smallest absolute Gasteiger partial charge is 0.0638 e. The lowest BCUT2D eigenvalue weighted by Gasteiger charge is -1.89. The van der Waals surface area contributed by atoms with Crippen LogP contribution in [0.3, 0.4) is 0 Å². The Bertz CT molecular complexity index is 157. The summed E-state index contributed by atoms with van der Waals surface area (Å²) in [6.07, 6.45) is 5.83. The molecule has 11 heavy (non-hydrogen) atoms. The predicted molar refractivity (Wildman–Crippen MR) is 54.9 cm³/mol. The molecule has 0 spiro atoms. The molecule has 2 heteroatoms. The first-order valence-electron chi connectivity index (χ1n) is 3.72. The fourth-order valence-electron chi connectivity index (χ4n) is 0.394. The molecule has 0 amide bonds. The Labute approximate surface area is 73.3 Å². The monoisotopic (exact) mass is 169 g/mol. The van der Waals surface area contributed by atoms with Crippen molar-refractivity contribution in [1.82, 2.24) is 0 Å². The van der Waals surface area contributed by atoms with Crippen molar-refractivity contribution < 1.29 is 0 Å². The van der Waals surface area contributed by atoms with E-state index in [0.717, 1.165) is 0 Å². The molecule has 0 aromatic carbocycles. The Kier molecular flexibility index (Phi) is 7.26. The quantitative estimate of drug-likeness (QED) is 0.464. The van der Waals surface area contributed by atoms with Gasteiger partial charge in [0, 0.05) is 6.20 Å². The minimum atomic E-state index is 0.623. The topological polar surface area (TPSA) is 12.4 Å². The summed E-state index contributed by atoms with van der Waals surface area (Å²) in [5.41, 5.74) is 1.82. The third kappa shape index (κ3) is 9.50. The minimum absolute atomic E-state index is 0.623. The van der Waals surface area contributed by atoms with Crippen molar-refractivity contribution in [3.8, 4) is 0 Å². The summed E-state index contributed by atoms with van der Waals surface area (Å²) in [6, 6.07) is 0. The summed E-state index contributed by atoms with van der Waals surface area (Å²) < 4.78 is 0. The van der Waals surface area contributed by atoms with Crippen LogP contribution in [-0.4, -0.2) is 5.55 Å². The molecule has 0 aromatic rings. The normalized spacial score (nSPS) is 13.1. The zero-order chi connectivity index (χ0) is 8.53. The van der Waals surface area contributed by atoms with E-state index < -0.39 is 0 Å². The van der Waals surface area contributed by atoms with Crippen molar-refractivity contribution >= 4 is 17.3 Å². The van der Waals surface area contributed by atoms with Crippen LogP contribution in [-0.2, 0) is 0 Å². The maximum absolute atomic E-state index is 3.99. The van der Waals surface area contributed by atoms with E-state index in [4.69, 9.17) is 0 Å². The fraction of sp³-hybridized carbons (Fsp3) is 0.444. The Morgan fingerprint density at radius 3 is 2.64 bits per heavy atom. The summed E-state index contributed by atoms with van der Waals surface area (Å²) in [4.78, 5) is 3.99. The number of hydrogen-bond donors (Lipinski definition) is 0. The molecule has 0 fully saturated rings. The molecule has 0 rings (SSSR count). The molecule has 0 N–H and O–H groups in total. The van der Waals surface area contributed by atoms with Crippen molar-refractivity contribution in [2.45, 2.75) is 20.8 Å². The number of rotatable bonds is 4. The third-order valence-electron chi connectivity index (χ3n) is 0.899. The molecule has 0 atom stereocenters. The van der Waals surface area contributed by atoms with Crippen molar-refractivity contribution in [3.63, 3.8) is 0 Å². The second-order valence-corrected chi connectivity index (χ2v) is 3.20. The van der Waals surface area contributed by atoms with Gasteiger partial charge in [0.15, 0.2) is 0 Å². The predicted octanol–water partition coefficient (Wildman–Crippen LogP) is 3.45. The highest BCUT2D eigenvalue weighted by atomic mass is 32.2. The van der Waals surface area contributed by atoms with E-state index in [2.05, 4.69) is 30.3 Å². The third-order valence-corrected chi connectivity index (χ3v) is 1.46. The average Bonchev–Trinajstić information content (AvgIpc) is 1.96. The lowest BCUT2D eigenvalue weighted by Crippen LogP contribution is -1.74. The molecular formula is C9H15NS. The van der Waals surface area contributed by atoms with E-state index >= 15 is 0 Å². The Morgan fingerprint density at radius 1 is 1.36 bits per heavy atom. The van der Waals surface area contributed by atoms with Gasteiger partial charge in [0.05, 0.1) is 5.55 Å². The summed E-state index contributed by atoms with van der Waals surface area (Å²) in [5.74, 6) is 0.623. The van der Waals surface area contributed by atoms with E-state index in [0.29, 0.717) is 5.92 Å². The van der Waals surface area contributed by atoms with Crippen molar-refractivity contribution in [2.24, 2.45) is 10.9 Å². The van der Waals surface area contributed by atoms with Crippen molar-refractivity contribution in [1.29, 1.82) is 0 Å². The second-order valence-electron chi connectivity index (χ2n) is 2.45. The van der Waals surface area contributed by atoms with Crippen molar-refractivity contribution in [3.05, 3.63) is 23.8 Å². The van der Waals surface area contributed by atoms with Crippen LogP contribution in [0.1, 0.15) is 20.8 Å². The van der Waals surface area contributed by atoms with Gasteiger partial charge in [-0.3, -0.25) is 4.99 Å². The Hall–Kier alpha value is -0.500. The molecule has 0 aromatic heterocycles. The molecule has 0 radical (unpaired) electrons. The highest BCUT2D eigenvalue weighted by Gasteiger charge is 1.80. The maximum Gasteiger partial charge on any atom is 0.0638 e. The number of thioether (sulfide) groups is 1. The van der Waals surface area contributed by atoms with Crippen LogP contribution in [0.5, 0.6) is 0 Å². The van der Waals surface area contributed by atoms with Gasteiger partial charge in [-0.1, -0.05) is 37.8 Å². The molecule has 1 nitrogen and oxygen atoms in total. The van der Waals surface area contributed by atoms with Crippen LogP contribution in [0.15, 0.2) is 28.8 Å². The van der Waals surface area contributed by atoms with Crippen LogP contribution in [0.4, 0.5) is 0 Å². The summed E-state index contributed by atoms with van der Waals surface area (Å²) in [5, 5.41) is 2.05. The van der Waals surface area contributed by atoms with E-state index in [1.807, 2.05) is 18.5 Å². The van der Waals surface area contributed by atoms with Crippen LogP contribution in [0, 0.1) is 5.92 Å². The zero-order valence-corrected chi connectivity index (χ0v) is 8.14. The molecule has 0 saturated heterocycles. The fourth-order valence-corrected chi connectivity index (χ4v) is 1.01. The molecule has 0 aliphatic heterocycles. The molecule has 0 saturated carbocycles. The van der Waals surface area contributed by atoms with Gasteiger partial charge in [-0.25, -0.2) is 0 Å². The van der Waals surface area contributed by atoms with Crippen LogP contribution in [0.2, 0.25) is 0 Å². The minimum Gasteiger partial charge on any atom is -0.258 e. The van der Waals surface area contributed by atoms with Crippen LogP contribution >= 0.6 is 11.8 Å². The van der Waals surface area contributed by atoms with Gasteiger partial charge in [0.25, 0.3) is 0 Å². The van der Waals surface area contributed by atoms with E-state index in [1.165, 1.54) is 0 Å². The molecular weight excluding hydrogens is 154 g/mol. The van der Waals surface area contributed by atoms with E-state index in [9.17, 15) is 0 Å². The molecule has 0 aliphatic rings. The van der Waals surface area contributed by atoms with Gasteiger partial charge >= 0.3 is 0 Å². The number of hydrogen-bond acceptors (Lipinski definition) is 2. The summed E-state index contributed by atoms with van der Waals surface area (Å²) in [6.45, 7) is 6.26. The zero-order valence-electron chi connectivity index (χ0n) is 7.32. The standard InChI is InChI=1S/C9H15NS/c1-4-6-10-8-11-7-5-9(2)3/h4-9H,1-3H3/b6-4-,7-5+,10-8?. The molecule has 0 aliphatic carbocycles. The van der Waals surface area contributed by atoms with Crippen molar-refractivity contribution in [2.75, 3.05) is 0 Å². The highest BCUT2D eigenvalue weighted by molar-refractivity contribution is 8.14. The lowest BCUT2D eigenvalue weighted by atomic mass is 10.2. The number of allylic oxidation sites excluding steroid dienone is 2.